The Labute approximate surface area is 132 Å². The minimum absolute atomic E-state index is 0.173. The highest BCUT2D eigenvalue weighted by molar-refractivity contribution is 5.91. The number of aromatic nitrogens is 3. The predicted molar refractivity (Wildman–Crippen MR) is 81.7 cm³/mol. The van der Waals surface area contributed by atoms with Crippen LogP contribution in [0.25, 0.3) is 6.08 Å². The lowest BCUT2D eigenvalue weighted by Gasteiger charge is -2.04. The van der Waals surface area contributed by atoms with Gasteiger partial charge >= 0.3 is 0 Å². The second kappa shape index (κ2) is 5.75. The molecular formula is C16H16N4O3. The van der Waals surface area contributed by atoms with Crippen LogP contribution < -0.4 is 14.8 Å². The second-order valence-electron chi connectivity index (χ2n) is 5.55. The Kier molecular flexibility index (Phi) is 3.45. The first-order chi connectivity index (χ1) is 11.3. The fraction of sp³-hybridized carbons (Fsp3) is 0.312. The van der Waals surface area contributed by atoms with Crippen molar-refractivity contribution >= 4 is 12.0 Å². The lowest BCUT2D eigenvalue weighted by molar-refractivity contribution is -0.116. The first-order valence-electron chi connectivity index (χ1n) is 7.53. The Hall–Kier alpha value is -2.83. The van der Waals surface area contributed by atoms with Gasteiger partial charge in [0.15, 0.2) is 17.3 Å². The molecule has 1 amide bonds. The van der Waals surface area contributed by atoms with Crippen LogP contribution >= 0.6 is 0 Å². The van der Waals surface area contributed by atoms with Gasteiger partial charge in [-0.2, -0.15) is 0 Å². The number of ether oxygens (including phenoxy) is 2. The van der Waals surface area contributed by atoms with E-state index in [2.05, 4.69) is 15.5 Å². The molecule has 0 radical (unpaired) electrons. The van der Waals surface area contributed by atoms with E-state index in [1.54, 1.807) is 12.4 Å². The molecule has 23 heavy (non-hydrogen) atoms. The van der Waals surface area contributed by atoms with Crippen LogP contribution in [-0.4, -0.2) is 27.5 Å². The van der Waals surface area contributed by atoms with Gasteiger partial charge in [-0.25, -0.2) is 0 Å². The van der Waals surface area contributed by atoms with Crippen molar-refractivity contribution in [1.29, 1.82) is 0 Å². The van der Waals surface area contributed by atoms with Gasteiger partial charge in [-0.1, -0.05) is 6.07 Å². The van der Waals surface area contributed by atoms with E-state index in [4.69, 9.17) is 9.47 Å². The molecule has 1 aliphatic heterocycles. The summed E-state index contributed by atoms with van der Waals surface area (Å²) in [7, 11) is 0. The molecule has 1 aromatic carbocycles. The fourth-order valence-corrected chi connectivity index (χ4v) is 2.46. The van der Waals surface area contributed by atoms with Crippen LogP contribution in [0, 0.1) is 0 Å². The molecule has 0 spiro atoms. The summed E-state index contributed by atoms with van der Waals surface area (Å²) in [5.41, 5.74) is 0.880. The van der Waals surface area contributed by atoms with E-state index in [0.29, 0.717) is 18.3 Å². The maximum atomic E-state index is 11.9. The summed E-state index contributed by atoms with van der Waals surface area (Å²) in [4.78, 5) is 11.9. The highest BCUT2D eigenvalue weighted by Gasteiger charge is 2.25. The van der Waals surface area contributed by atoms with Gasteiger partial charge in [-0.05, 0) is 36.6 Å². The van der Waals surface area contributed by atoms with Crippen molar-refractivity contribution in [2.45, 2.75) is 25.4 Å². The Morgan fingerprint density at radius 2 is 2.22 bits per heavy atom. The van der Waals surface area contributed by atoms with Gasteiger partial charge in [0.2, 0.25) is 12.7 Å². The third kappa shape index (κ3) is 3.03. The van der Waals surface area contributed by atoms with Crippen molar-refractivity contribution in [2.24, 2.45) is 0 Å². The predicted octanol–water partition coefficient (Wildman–Crippen LogP) is 1.67. The zero-order valence-corrected chi connectivity index (χ0v) is 12.4. The molecule has 7 heteroatoms. The number of carbonyl (C=O) groups excluding carboxylic acids is 1. The summed E-state index contributed by atoms with van der Waals surface area (Å²) in [5, 5.41) is 10.8. The van der Waals surface area contributed by atoms with Crippen molar-refractivity contribution < 1.29 is 14.3 Å². The number of benzene rings is 1. The van der Waals surface area contributed by atoms with E-state index in [-0.39, 0.29) is 12.7 Å². The summed E-state index contributed by atoms with van der Waals surface area (Å²) < 4.78 is 12.6. The van der Waals surface area contributed by atoms with Gasteiger partial charge in [-0.3, -0.25) is 4.79 Å². The molecule has 4 rings (SSSR count). The molecule has 1 saturated carbocycles. The fourth-order valence-electron chi connectivity index (χ4n) is 2.46. The largest absolute Gasteiger partial charge is 0.454 e. The standard InChI is InChI=1S/C16H16N4O3/c21-16(17-8-15-19-18-9-20(15)12-3-4-12)6-2-11-1-5-13-14(7-11)23-10-22-13/h1-2,5-7,9,12H,3-4,8,10H2,(H,17,21)/b6-2+. The average Bonchev–Trinajstić information content (AvgIpc) is 3.11. The molecular weight excluding hydrogens is 296 g/mol. The van der Waals surface area contributed by atoms with Gasteiger partial charge in [-0.15, -0.1) is 10.2 Å². The van der Waals surface area contributed by atoms with Crippen molar-refractivity contribution in [1.82, 2.24) is 20.1 Å². The second-order valence-corrected chi connectivity index (χ2v) is 5.55. The van der Waals surface area contributed by atoms with Crippen molar-refractivity contribution in [3.8, 4) is 11.5 Å². The lowest BCUT2D eigenvalue weighted by Crippen LogP contribution is -2.22. The first-order valence-corrected chi connectivity index (χ1v) is 7.53. The third-order valence-electron chi connectivity index (χ3n) is 3.83. The van der Waals surface area contributed by atoms with E-state index in [0.717, 1.165) is 30.0 Å². The summed E-state index contributed by atoms with van der Waals surface area (Å²) in [6.45, 7) is 0.617. The smallest absolute Gasteiger partial charge is 0.244 e. The number of hydrogen-bond acceptors (Lipinski definition) is 5. The number of rotatable bonds is 5. The van der Waals surface area contributed by atoms with Crippen LogP contribution in [0.4, 0.5) is 0 Å². The van der Waals surface area contributed by atoms with E-state index < -0.39 is 0 Å². The molecule has 7 nitrogen and oxygen atoms in total. The highest BCUT2D eigenvalue weighted by Crippen LogP contribution is 2.35. The summed E-state index contributed by atoms with van der Waals surface area (Å²) in [5.74, 6) is 2.04. The lowest BCUT2D eigenvalue weighted by atomic mass is 10.2. The average molecular weight is 312 g/mol. The zero-order valence-electron chi connectivity index (χ0n) is 12.4. The normalized spacial score (nSPS) is 16.0. The highest BCUT2D eigenvalue weighted by atomic mass is 16.7. The maximum Gasteiger partial charge on any atom is 0.244 e. The van der Waals surface area contributed by atoms with Crippen LogP contribution in [0.3, 0.4) is 0 Å². The number of hydrogen-bond donors (Lipinski definition) is 1. The van der Waals surface area contributed by atoms with Gasteiger partial charge in [0.05, 0.1) is 6.54 Å². The zero-order chi connectivity index (χ0) is 15.6. The minimum atomic E-state index is -0.173. The molecule has 0 unspecified atom stereocenters. The number of carbonyl (C=O) groups is 1. The van der Waals surface area contributed by atoms with Gasteiger partial charge < -0.3 is 19.4 Å². The van der Waals surface area contributed by atoms with Crippen LogP contribution in [-0.2, 0) is 11.3 Å². The SMILES string of the molecule is O=C(/C=C/c1ccc2c(c1)OCO2)NCc1nncn1C1CC1. The van der Waals surface area contributed by atoms with Crippen molar-refractivity contribution in [2.75, 3.05) is 6.79 Å². The van der Waals surface area contributed by atoms with Gasteiger partial charge in [0, 0.05) is 12.1 Å². The quantitative estimate of drug-likeness (QED) is 0.850. The van der Waals surface area contributed by atoms with Crippen molar-refractivity contribution in [3.63, 3.8) is 0 Å². The summed E-state index contributed by atoms with van der Waals surface area (Å²) >= 11 is 0. The summed E-state index contributed by atoms with van der Waals surface area (Å²) in [6, 6.07) is 6.05. The van der Waals surface area contributed by atoms with E-state index in [1.165, 1.54) is 6.08 Å². The maximum absolute atomic E-state index is 11.9. The van der Waals surface area contributed by atoms with Crippen LogP contribution in [0.2, 0.25) is 0 Å². The molecule has 1 N–H and O–H groups in total. The summed E-state index contributed by atoms with van der Waals surface area (Å²) in [6.07, 6.45) is 7.27. The number of fused-ring (bicyclic) bond motifs is 1. The Balaban J connectivity index is 1.35. The molecule has 0 saturated heterocycles. The Bertz CT molecular complexity index is 764. The van der Waals surface area contributed by atoms with Crippen LogP contribution in [0.15, 0.2) is 30.6 Å². The molecule has 2 heterocycles. The molecule has 118 valence electrons. The number of nitrogens with zero attached hydrogens (tertiary/aromatic N) is 3. The van der Waals surface area contributed by atoms with E-state index in [1.807, 2.05) is 22.8 Å². The van der Waals surface area contributed by atoms with Crippen molar-refractivity contribution in [3.05, 3.63) is 42.0 Å². The van der Waals surface area contributed by atoms with E-state index >= 15 is 0 Å². The molecule has 0 bridgehead atoms. The molecule has 1 aromatic heterocycles. The molecule has 2 aliphatic rings. The minimum Gasteiger partial charge on any atom is -0.454 e. The van der Waals surface area contributed by atoms with Gasteiger partial charge in [0.1, 0.15) is 6.33 Å². The Morgan fingerprint density at radius 1 is 1.35 bits per heavy atom. The molecule has 1 fully saturated rings. The number of amides is 1. The first kappa shape index (κ1) is 13.8. The topological polar surface area (TPSA) is 78.3 Å². The third-order valence-corrected chi connectivity index (χ3v) is 3.83. The van der Waals surface area contributed by atoms with E-state index in [9.17, 15) is 4.79 Å². The Morgan fingerprint density at radius 3 is 3.09 bits per heavy atom. The van der Waals surface area contributed by atoms with Crippen LogP contribution in [0.1, 0.15) is 30.3 Å². The number of nitrogens with one attached hydrogen (secondary N) is 1. The monoisotopic (exact) mass is 312 g/mol. The molecule has 0 atom stereocenters. The van der Waals surface area contributed by atoms with Gasteiger partial charge in [0.25, 0.3) is 0 Å². The molecule has 1 aliphatic carbocycles. The van der Waals surface area contributed by atoms with Crippen LogP contribution in [0.5, 0.6) is 11.5 Å². The molecule has 2 aromatic rings.